The van der Waals surface area contributed by atoms with Gasteiger partial charge in [-0.1, -0.05) is 6.07 Å². The number of nitro benzene ring substituents is 1. The molecule has 0 N–H and O–H groups in total. The molecule has 0 aromatic heterocycles. The van der Waals surface area contributed by atoms with Crippen molar-refractivity contribution in [3.05, 3.63) is 69.5 Å². The Balaban J connectivity index is 1.68. The first kappa shape index (κ1) is 16.9. The van der Waals surface area contributed by atoms with E-state index in [0.717, 1.165) is 11.3 Å². The molecule has 7 heteroatoms. The van der Waals surface area contributed by atoms with Crippen molar-refractivity contribution in [2.24, 2.45) is 0 Å². The molecule has 1 amide bonds. The number of anilines is 1. The maximum atomic E-state index is 13.3. The number of carbonyl (C=O) groups excluding carboxylic acids is 1. The molecule has 0 saturated carbocycles. The third kappa shape index (κ3) is 3.60. The number of hydrogen-bond acceptors (Lipinski definition) is 4. The molecule has 6 nitrogen and oxygen atoms in total. The van der Waals surface area contributed by atoms with Gasteiger partial charge in [0.15, 0.2) is 0 Å². The van der Waals surface area contributed by atoms with E-state index in [4.69, 9.17) is 0 Å². The first-order valence-corrected chi connectivity index (χ1v) is 8.00. The number of piperazine rings is 1. The van der Waals surface area contributed by atoms with Crippen LogP contribution in [-0.4, -0.2) is 41.9 Å². The van der Waals surface area contributed by atoms with Gasteiger partial charge in [0.25, 0.3) is 11.6 Å². The van der Waals surface area contributed by atoms with Crippen LogP contribution in [0.1, 0.15) is 15.9 Å². The minimum absolute atomic E-state index is 0.0705. The lowest BCUT2D eigenvalue weighted by molar-refractivity contribution is -0.384. The Hall–Kier alpha value is -2.96. The second-order valence-corrected chi connectivity index (χ2v) is 6.02. The topological polar surface area (TPSA) is 66.7 Å². The molecule has 1 aliphatic rings. The lowest BCUT2D eigenvalue weighted by Gasteiger charge is -2.36. The molecule has 0 aliphatic carbocycles. The smallest absolute Gasteiger partial charge is 0.269 e. The van der Waals surface area contributed by atoms with Crippen molar-refractivity contribution in [2.45, 2.75) is 6.92 Å². The first-order chi connectivity index (χ1) is 12.0. The van der Waals surface area contributed by atoms with Crippen LogP contribution < -0.4 is 4.90 Å². The zero-order valence-corrected chi connectivity index (χ0v) is 13.8. The number of halogens is 1. The summed E-state index contributed by atoms with van der Waals surface area (Å²) in [5.41, 5.74) is 2.18. The van der Waals surface area contributed by atoms with Gasteiger partial charge in [-0.2, -0.15) is 0 Å². The summed E-state index contributed by atoms with van der Waals surface area (Å²) in [6, 6.07) is 10.5. The number of nitrogens with zero attached hydrogens (tertiary/aromatic N) is 3. The van der Waals surface area contributed by atoms with Crippen molar-refractivity contribution in [1.29, 1.82) is 0 Å². The van der Waals surface area contributed by atoms with Crippen LogP contribution in [-0.2, 0) is 0 Å². The van der Waals surface area contributed by atoms with Gasteiger partial charge in [0.05, 0.1) is 4.92 Å². The lowest BCUT2D eigenvalue weighted by atomic mass is 10.1. The second-order valence-electron chi connectivity index (χ2n) is 6.02. The van der Waals surface area contributed by atoms with Gasteiger partial charge in [0.1, 0.15) is 5.82 Å². The number of aryl methyl sites for hydroxylation is 1. The number of amides is 1. The highest BCUT2D eigenvalue weighted by molar-refractivity contribution is 5.94. The van der Waals surface area contributed by atoms with Crippen molar-refractivity contribution in [2.75, 3.05) is 31.1 Å². The van der Waals surface area contributed by atoms with Gasteiger partial charge in [-0.25, -0.2) is 4.39 Å². The zero-order chi connectivity index (χ0) is 18.0. The van der Waals surface area contributed by atoms with Crippen LogP contribution in [0.4, 0.5) is 15.8 Å². The van der Waals surface area contributed by atoms with Gasteiger partial charge in [-0.3, -0.25) is 14.9 Å². The van der Waals surface area contributed by atoms with E-state index >= 15 is 0 Å². The molecule has 25 heavy (non-hydrogen) atoms. The Morgan fingerprint density at radius 1 is 1.12 bits per heavy atom. The summed E-state index contributed by atoms with van der Waals surface area (Å²) in [6.45, 7) is 4.13. The number of nitro groups is 1. The van der Waals surface area contributed by atoms with Crippen LogP contribution in [0, 0.1) is 22.9 Å². The normalized spacial score (nSPS) is 14.5. The molecule has 130 valence electrons. The summed E-state index contributed by atoms with van der Waals surface area (Å²) in [4.78, 5) is 26.7. The molecule has 2 aromatic rings. The minimum Gasteiger partial charge on any atom is -0.368 e. The fraction of sp³-hybridized carbons (Fsp3) is 0.278. The van der Waals surface area contributed by atoms with Gasteiger partial charge in [0, 0.05) is 49.6 Å². The molecule has 1 heterocycles. The van der Waals surface area contributed by atoms with Crippen molar-refractivity contribution in [3.8, 4) is 0 Å². The fourth-order valence-corrected chi connectivity index (χ4v) is 3.06. The number of non-ortho nitro benzene ring substituents is 1. The number of carbonyl (C=O) groups is 1. The average molecular weight is 343 g/mol. The molecule has 2 aromatic carbocycles. The lowest BCUT2D eigenvalue weighted by Crippen LogP contribution is -2.49. The van der Waals surface area contributed by atoms with Crippen molar-refractivity contribution < 1.29 is 14.1 Å². The third-order valence-corrected chi connectivity index (χ3v) is 4.37. The maximum Gasteiger partial charge on any atom is 0.269 e. The zero-order valence-electron chi connectivity index (χ0n) is 13.8. The van der Waals surface area contributed by atoms with Crippen molar-refractivity contribution >= 4 is 17.3 Å². The molecule has 0 radical (unpaired) electrons. The van der Waals surface area contributed by atoms with Crippen LogP contribution in [0.15, 0.2) is 42.5 Å². The van der Waals surface area contributed by atoms with E-state index in [1.165, 1.54) is 24.3 Å². The molecule has 0 bridgehead atoms. The van der Waals surface area contributed by atoms with Crippen molar-refractivity contribution in [1.82, 2.24) is 4.90 Å². The van der Waals surface area contributed by atoms with E-state index in [1.54, 1.807) is 23.1 Å². The molecular formula is C18H18FN3O3. The predicted molar refractivity (Wildman–Crippen MR) is 92.3 cm³/mol. The summed E-state index contributed by atoms with van der Waals surface area (Å²) in [5.74, 6) is -0.606. The monoisotopic (exact) mass is 343 g/mol. The van der Waals surface area contributed by atoms with E-state index in [1.807, 2.05) is 6.92 Å². The van der Waals surface area contributed by atoms with E-state index in [2.05, 4.69) is 4.90 Å². The molecule has 1 fully saturated rings. The summed E-state index contributed by atoms with van der Waals surface area (Å²) in [6.07, 6.45) is 0. The Labute approximate surface area is 144 Å². The maximum absolute atomic E-state index is 13.3. The highest BCUT2D eigenvalue weighted by atomic mass is 19.1. The van der Waals surface area contributed by atoms with E-state index in [-0.39, 0.29) is 11.6 Å². The highest BCUT2D eigenvalue weighted by Gasteiger charge is 2.23. The summed E-state index contributed by atoms with van der Waals surface area (Å²) in [5, 5.41) is 10.8. The van der Waals surface area contributed by atoms with Crippen LogP contribution in [0.25, 0.3) is 0 Å². The van der Waals surface area contributed by atoms with Gasteiger partial charge in [-0.05, 0) is 36.8 Å². The molecule has 0 spiro atoms. The molecule has 0 atom stereocenters. The summed E-state index contributed by atoms with van der Waals surface area (Å²) >= 11 is 0. The molecule has 3 rings (SSSR count). The van der Waals surface area contributed by atoms with Gasteiger partial charge in [0.2, 0.25) is 0 Å². The molecule has 0 unspecified atom stereocenters. The van der Waals surface area contributed by atoms with Crippen molar-refractivity contribution in [3.63, 3.8) is 0 Å². The number of hydrogen-bond donors (Lipinski definition) is 0. The summed E-state index contributed by atoms with van der Waals surface area (Å²) in [7, 11) is 0. The van der Waals surface area contributed by atoms with Gasteiger partial charge >= 0.3 is 0 Å². The van der Waals surface area contributed by atoms with Crippen LogP contribution in [0.5, 0.6) is 0 Å². The number of rotatable bonds is 3. The second kappa shape index (κ2) is 6.88. The standard InChI is InChI=1S/C18H18FN3O3/c1-13-11-16(22(24)25)5-6-17(13)20-7-9-21(10-8-20)18(23)14-3-2-4-15(19)12-14/h2-6,11-12H,7-10H2,1H3. The van der Waals surface area contributed by atoms with E-state index in [0.29, 0.717) is 31.7 Å². The van der Waals surface area contributed by atoms with E-state index < -0.39 is 10.7 Å². The Bertz CT molecular complexity index is 817. The van der Waals surface area contributed by atoms with Gasteiger partial charge in [-0.15, -0.1) is 0 Å². The quantitative estimate of drug-likeness (QED) is 0.635. The largest absolute Gasteiger partial charge is 0.368 e. The summed E-state index contributed by atoms with van der Waals surface area (Å²) < 4.78 is 13.3. The molecule has 1 aliphatic heterocycles. The molecule has 1 saturated heterocycles. The highest BCUT2D eigenvalue weighted by Crippen LogP contribution is 2.26. The van der Waals surface area contributed by atoms with Crippen LogP contribution in [0.3, 0.4) is 0 Å². The van der Waals surface area contributed by atoms with Crippen LogP contribution in [0.2, 0.25) is 0 Å². The minimum atomic E-state index is -0.425. The molecular weight excluding hydrogens is 325 g/mol. The third-order valence-electron chi connectivity index (χ3n) is 4.37. The van der Waals surface area contributed by atoms with E-state index in [9.17, 15) is 19.3 Å². The Morgan fingerprint density at radius 2 is 1.84 bits per heavy atom. The first-order valence-electron chi connectivity index (χ1n) is 8.00. The Kier molecular flexibility index (Phi) is 4.65. The number of benzene rings is 2. The fourth-order valence-electron chi connectivity index (χ4n) is 3.06. The average Bonchev–Trinajstić information content (AvgIpc) is 2.61. The van der Waals surface area contributed by atoms with Crippen LogP contribution >= 0.6 is 0 Å². The SMILES string of the molecule is Cc1cc([N+](=O)[O-])ccc1N1CCN(C(=O)c2cccc(F)c2)CC1. The van der Waals surface area contributed by atoms with Gasteiger partial charge < -0.3 is 9.80 Å². The Morgan fingerprint density at radius 3 is 2.44 bits per heavy atom. The predicted octanol–water partition coefficient (Wildman–Crippen LogP) is 3.00.